The van der Waals surface area contributed by atoms with Crippen LogP contribution < -0.4 is 10.8 Å². The number of phenolic OH excluding ortho intramolecular Hbond substituents is 1. The lowest BCUT2D eigenvalue weighted by molar-refractivity contribution is 0.0680. The second-order valence-corrected chi connectivity index (χ2v) is 8.48. The minimum absolute atomic E-state index is 0.0536. The van der Waals surface area contributed by atoms with Crippen LogP contribution in [-0.4, -0.2) is 63.0 Å². The van der Waals surface area contributed by atoms with E-state index < -0.39 is 0 Å². The number of fused-ring (bicyclic) bond motifs is 1. The summed E-state index contributed by atoms with van der Waals surface area (Å²) in [7, 11) is 1.97. The Morgan fingerprint density at radius 2 is 2.03 bits per heavy atom. The number of carbonyl (C=O) groups excluding carboxylic acids is 1. The molecule has 3 aromatic heterocycles. The standard InChI is InChI=1S/C24H25BN6O2/c25-19-14-28-31-22(12-20(29-23(19)31)18-5-1-2-6-21(18)32)27-13-16-4-3-11-30(15-16)24(33)17-7-9-26-10-8-17/h1-2,5-10,12,14,16,27,32H,3-4,11,13,15,25H2. The van der Waals surface area contributed by atoms with Gasteiger partial charge in [0, 0.05) is 55.4 Å². The van der Waals surface area contributed by atoms with E-state index in [0.29, 0.717) is 35.8 Å². The fraction of sp³-hybridized carbons (Fsp3) is 0.250. The van der Waals surface area contributed by atoms with Gasteiger partial charge in [0.1, 0.15) is 19.4 Å². The highest BCUT2D eigenvalue weighted by atomic mass is 16.3. The van der Waals surface area contributed by atoms with Crippen molar-refractivity contribution in [2.24, 2.45) is 5.92 Å². The highest BCUT2D eigenvalue weighted by molar-refractivity contribution is 6.36. The fourth-order valence-corrected chi connectivity index (χ4v) is 4.37. The predicted octanol–water partition coefficient (Wildman–Crippen LogP) is 1.72. The molecule has 1 amide bonds. The van der Waals surface area contributed by atoms with Crippen LogP contribution in [0.1, 0.15) is 23.2 Å². The minimum atomic E-state index is 0.0536. The van der Waals surface area contributed by atoms with E-state index in [1.54, 1.807) is 47.4 Å². The summed E-state index contributed by atoms with van der Waals surface area (Å²) in [5.41, 5.74) is 3.74. The van der Waals surface area contributed by atoms with Gasteiger partial charge < -0.3 is 15.3 Å². The number of piperidine rings is 1. The highest BCUT2D eigenvalue weighted by Crippen LogP contribution is 2.29. The fourth-order valence-electron chi connectivity index (χ4n) is 4.37. The van der Waals surface area contributed by atoms with Crippen molar-refractivity contribution in [1.29, 1.82) is 0 Å². The molecule has 1 unspecified atom stereocenters. The highest BCUT2D eigenvalue weighted by Gasteiger charge is 2.25. The number of hydrogen-bond acceptors (Lipinski definition) is 6. The Kier molecular flexibility index (Phi) is 5.68. The van der Waals surface area contributed by atoms with Gasteiger partial charge >= 0.3 is 0 Å². The average Bonchev–Trinajstić information content (AvgIpc) is 3.24. The van der Waals surface area contributed by atoms with Crippen LogP contribution in [-0.2, 0) is 0 Å². The number of aromatic nitrogens is 4. The quantitative estimate of drug-likeness (QED) is 0.459. The number of phenols is 1. The van der Waals surface area contributed by atoms with E-state index in [1.807, 2.05) is 30.9 Å². The zero-order chi connectivity index (χ0) is 22.8. The molecular formula is C24H25BN6O2. The maximum Gasteiger partial charge on any atom is 0.253 e. The summed E-state index contributed by atoms with van der Waals surface area (Å²) in [5, 5.41) is 18.3. The van der Waals surface area contributed by atoms with Crippen LogP contribution in [0.5, 0.6) is 5.75 Å². The topological polar surface area (TPSA) is 95.7 Å². The molecule has 0 bridgehead atoms. The van der Waals surface area contributed by atoms with Gasteiger partial charge in [-0.2, -0.15) is 9.61 Å². The second kappa shape index (κ2) is 8.93. The summed E-state index contributed by atoms with van der Waals surface area (Å²) in [6, 6.07) is 12.6. The van der Waals surface area contributed by atoms with Crippen molar-refractivity contribution in [3.63, 3.8) is 0 Å². The van der Waals surface area contributed by atoms with E-state index in [0.717, 1.165) is 36.3 Å². The number of para-hydroxylation sites is 1. The van der Waals surface area contributed by atoms with E-state index in [1.165, 1.54) is 0 Å². The molecule has 1 aliphatic heterocycles. The van der Waals surface area contributed by atoms with Crippen LogP contribution in [0.2, 0.25) is 0 Å². The van der Waals surface area contributed by atoms with Crippen LogP contribution in [0, 0.1) is 5.92 Å². The number of hydrogen-bond donors (Lipinski definition) is 2. The van der Waals surface area contributed by atoms with Crippen LogP contribution in [0.4, 0.5) is 5.82 Å². The molecule has 1 saturated heterocycles. The van der Waals surface area contributed by atoms with Gasteiger partial charge in [-0.15, -0.1) is 0 Å². The van der Waals surface area contributed by atoms with Crippen molar-refractivity contribution in [3.8, 4) is 17.0 Å². The Hall–Kier alpha value is -3.88. The Bertz CT molecular complexity index is 1290. The smallest absolute Gasteiger partial charge is 0.253 e. The molecule has 0 radical (unpaired) electrons. The maximum atomic E-state index is 12.9. The average molecular weight is 440 g/mol. The van der Waals surface area contributed by atoms with Gasteiger partial charge in [-0.3, -0.25) is 9.78 Å². The van der Waals surface area contributed by atoms with E-state index in [2.05, 4.69) is 15.4 Å². The number of benzene rings is 1. The number of pyridine rings is 1. The molecule has 0 spiro atoms. The van der Waals surface area contributed by atoms with Crippen LogP contribution >= 0.6 is 0 Å². The van der Waals surface area contributed by atoms with Crippen LogP contribution in [0.3, 0.4) is 0 Å². The van der Waals surface area contributed by atoms with Crippen molar-refractivity contribution in [1.82, 2.24) is 24.5 Å². The maximum absolute atomic E-state index is 12.9. The molecule has 1 fully saturated rings. The third-order valence-corrected chi connectivity index (χ3v) is 6.13. The first-order chi connectivity index (χ1) is 16.1. The van der Waals surface area contributed by atoms with E-state index in [9.17, 15) is 9.90 Å². The molecule has 1 aliphatic rings. The Morgan fingerprint density at radius 1 is 1.21 bits per heavy atom. The molecule has 33 heavy (non-hydrogen) atoms. The van der Waals surface area contributed by atoms with E-state index in [-0.39, 0.29) is 11.7 Å². The van der Waals surface area contributed by atoms with Crippen molar-refractivity contribution < 1.29 is 9.90 Å². The van der Waals surface area contributed by atoms with Gasteiger partial charge in [0.15, 0.2) is 5.65 Å². The molecule has 1 aromatic carbocycles. The van der Waals surface area contributed by atoms with Gasteiger partial charge in [0.25, 0.3) is 5.91 Å². The normalized spacial score (nSPS) is 16.1. The molecule has 9 heteroatoms. The van der Waals surface area contributed by atoms with Crippen molar-refractivity contribution in [3.05, 3.63) is 66.6 Å². The summed E-state index contributed by atoms with van der Waals surface area (Å²) < 4.78 is 1.79. The SMILES string of the molecule is Bc1cnn2c(NCC3CCCN(C(=O)c4ccncc4)C3)cc(-c3ccccc3O)nc12. The van der Waals surface area contributed by atoms with Gasteiger partial charge in [-0.05, 0) is 48.5 Å². The second-order valence-electron chi connectivity index (χ2n) is 8.48. The van der Waals surface area contributed by atoms with Crippen molar-refractivity contribution in [2.75, 3.05) is 25.0 Å². The number of nitrogens with one attached hydrogen (secondary N) is 1. The number of likely N-dealkylation sites (tertiary alicyclic amines) is 1. The Balaban J connectivity index is 1.36. The van der Waals surface area contributed by atoms with Crippen LogP contribution in [0.25, 0.3) is 16.9 Å². The first kappa shape index (κ1) is 21.0. The largest absolute Gasteiger partial charge is 0.507 e. The van der Waals surface area contributed by atoms with Gasteiger partial charge in [0.2, 0.25) is 0 Å². The number of amides is 1. The molecule has 5 rings (SSSR count). The molecule has 4 aromatic rings. The number of aromatic hydroxyl groups is 1. The predicted molar refractivity (Wildman–Crippen MR) is 130 cm³/mol. The van der Waals surface area contributed by atoms with Crippen molar-refractivity contribution >= 4 is 30.7 Å². The zero-order valence-corrected chi connectivity index (χ0v) is 18.5. The summed E-state index contributed by atoms with van der Waals surface area (Å²) in [4.78, 5) is 23.5. The third-order valence-electron chi connectivity index (χ3n) is 6.13. The molecule has 8 nitrogen and oxygen atoms in total. The molecule has 1 atom stereocenters. The summed E-state index contributed by atoms with van der Waals surface area (Å²) in [5.74, 6) is 1.37. The molecule has 0 saturated carbocycles. The van der Waals surface area contributed by atoms with Crippen molar-refractivity contribution in [2.45, 2.75) is 12.8 Å². The first-order valence-electron chi connectivity index (χ1n) is 11.2. The minimum Gasteiger partial charge on any atom is -0.507 e. The lowest BCUT2D eigenvalue weighted by Crippen LogP contribution is -2.41. The summed E-state index contributed by atoms with van der Waals surface area (Å²) in [6.07, 6.45) is 7.11. The monoisotopic (exact) mass is 440 g/mol. The third kappa shape index (κ3) is 4.26. The molecule has 2 N–H and O–H groups in total. The molecular weight excluding hydrogens is 415 g/mol. The zero-order valence-electron chi connectivity index (χ0n) is 18.5. The van der Waals surface area contributed by atoms with Crippen LogP contribution in [0.15, 0.2) is 61.1 Å². The van der Waals surface area contributed by atoms with E-state index >= 15 is 0 Å². The molecule has 0 aliphatic carbocycles. The van der Waals surface area contributed by atoms with Gasteiger partial charge in [0.05, 0.1) is 5.69 Å². The number of nitrogens with zero attached hydrogens (tertiary/aromatic N) is 5. The lowest BCUT2D eigenvalue weighted by atomic mass is 9.97. The lowest BCUT2D eigenvalue weighted by Gasteiger charge is -2.33. The number of rotatable bonds is 5. The number of carbonyl (C=O) groups is 1. The van der Waals surface area contributed by atoms with Gasteiger partial charge in [-0.25, -0.2) is 4.98 Å². The first-order valence-corrected chi connectivity index (χ1v) is 11.2. The number of anilines is 1. The van der Waals surface area contributed by atoms with E-state index in [4.69, 9.17) is 4.98 Å². The molecule has 166 valence electrons. The Morgan fingerprint density at radius 3 is 2.85 bits per heavy atom. The van der Waals surface area contributed by atoms with Gasteiger partial charge in [-0.1, -0.05) is 12.1 Å². The summed E-state index contributed by atoms with van der Waals surface area (Å²) in [6.45, 7) is 2.18. The molecule has 4 heterocycles. The Labute approximate surface area is 192 Å². The summed E-state index contributed by atoms with van der Waals surface area (Å²) >= 11 is 0.